The molecule has 6 nitrogen and oxygen atoms in total. The average Bonchev–Trinajstić information content (AvgIpc) is 2.46. The monoisotopic (exact) mass is 398 g/mol. The summed E-state index contributed by atoms with van der Waals surface area (Å²) in [6.45, 7) is 2.07. The van der Waals surface area contributed by atoms with Gasteiger partial charge in [-0.1, -0.05) is 0 Å². The van der Waals surface area contributed by atoms with Crippen LogP contribution < -0.4 is 10.6 Å². The fourth-order valence-electron chi connectivity index (χ4n) is 1.85. The number of halogens is 3. The minimum Gasteiger partial charge on any atom is -0.370 e. The zero-order chi connectivity index (χ0) is 13.7. The van der Waals surface area contributed by atoms with Crippen molar-refractivity contribution in [2.24, 2.45) is 10.7 Å². The third kappa shape index (κ3) is 4.69. The van der Waals surface area contributed by atoms with Gasteiger partial charge in [0.25, 0.3) is 6.43 Å². The summed E-state index contributed by atoms with van der Waals surface area (Å²) in [5, 5.41) is 0. The number of nitrogens with two attached hydrogens (primary N) is 1. The summed E-state index contributed by atoms with van der Waals surface area (Å²) in [6.07, 6.45) is 0.915. The van der Waals surface area contributed by atoms with E-state index in [1.807, 2.05) is 4.90 Å². The number of guanidine groups is 1. The highest BCUT2D eigenvalue weighted by atomic mass is 127. The molecule has 2 rings (SSSR count). The Morgan fingerprint density at radius 3 is 2.40 bits per heavy atom. The molecule has 2 N–H and O–H groups in total. The average molecular weight is 398 g/mol. The van der Waals surface area contributed by atoms with E-state index in [1.165, 1.54) is 0 Å². The van der Waals surface area contributed by atoms with Crippen LogP contribution in [0.5, 0.6) is 0 Å². The van der Waals surface area contributed by atoms with E-state index in [-0.39, 0.29) is 29.9 Å². The number of piperazine rings is 1. The number of anilines is 1. The van der Waals surface area contributed by atoms with Gasteiger partial charge in [-0.05, 0) is 6.07 Å². The van der Waals surface area contributed by atoms with Crippen LogP contribution in [0.15, 0.2) is 23.5 Å². The fourth-order valence-corrected chi connectivity index (χ4v) is 1.85. The van der Waals surface area contributed by atoms with Crippen LogP contribution in [0.25, 0.3) is 0 Å². The molecule has 0 aromatic carbocycles. The number of rotatable bonds is 3. The van der Waals surface area contributed by atoms with Gasteiger partial charge in [0.15, 0.2) is 5.96 Å². The lowest BCUT2D eigenvalue weighted by molar-refractivity contribution is 0.158. The summed E-state index contributed by atoms with van der Waals surface area (Å²) in [7, 11) is 0. The van der Waals surface area contributed by atoms with Crippen LogP contribution in [-0.2, 0) is 0 Å². The van der Waals surface area contributed by atoms with Gasteiger partial charge in [0.05, 0.1) is 0 Å². The Hall–Kier alpha value is -1.26. The first kappa shape index (κ1) is 16.8. The van der Waals surface area contributed by atoms with Crippen molar-refractivity contribution < 1.29 is 8.78 Å². The molecule has 0 amide bonds. The van der Waals surface area contributed by atoms with Crippen molar-refractivity contribution in [3.8, 4) is 0 Å². The molecule has 1 aliphatic heterocycles. The predicted molar refractivity (Wildman–Crippen MR) is 83.7 cm³/mol. The molecule has 2 heterocycles. The Morgan fingerprint density at radius 1 is 1.25 bits per heavy atom. The quantitative estimate of drug-likeness (QED) is 0.464. The van der Waals surface area contributed by atoms with E-state index in [4.69, 9.17) is 5.73 Å². The molecule has 0 unspecified atom stereocenters. The van der Waals surface area contributed by atoms with Crippen molar-refractivity contribution in [3.05, 3.63) is 18.5 Å². The Kier molecular flexibility index (Phi) is 6.82. The van der Waals surface area contributed by atoms with Gasteiger partial charge in [0.1, 0.15) is 6.54 Å². The molecule has 0 saturated carbocycles. The highest BCUT2D eigenvalue weighted by Gasteiger charge is 2.19. The van der Waals surface area contributed by atoms with Gasteiger partial charge in [-0.25, -0.2) is 23.7 Å². The van der Waals surface area contributed by atoms with Gasteiger partial charge >= 0.3 is 0 Å². The molecule has 1 aliphatic rings. The van der Waals surface area contributed by atoms with Crippen molar-refractivity contribution >= 4 is 35.9 Å². The Balaban J connectivity index is 0.00000200. The Labute approximate surface area is 133 Å². The van der Waals surface area contributed by atoms with Gasteiger partial charge < -0.3 is 15.5 Å². The third-order valence-electron chi connectivity index (χ3n) is 2.83. The molecule has 0 atom stereocenters. The summed E-state index contributed by atoms with van der Waals surface area (Å²) in [6, 6.07) is 1.76. The molecule has 1 saturated heterocycles. The molecule has 112 valence electrons. The molecule has 1 fully saturated rings. The van der Waals surface area contributed by atoms with Crippen LogP contribution in [0, 0.1) is 0 Å². The van der Waals surface area contributed by atoms with E-state index >= 15 is 0 Å². The van der Waals surface area contributed by atoms with Crippen LogP contribution in [-0.4, -0.2) is 60.0 Å². The number of aromatic nitrogens is 2. The molecule has 1 aromatic rings. The molecule has 0 bridgehead atoms. The first-order valence-corrected chi connectivity index (χ1v) is 6.02. The molecule has 9 heteroatoms. The molecule has 0 radical (unpaired) electrons. The minimum atomic E-state index is -2.46. The van der Waals surface area contributed by atoms with Crippen molar-refractivity contribution in [1.82, 2.24) is 14.9 Å². The topological polar surface area (TPSA) is 70.6 Å². The lowest BCUT2D eigenvalue weighted by atomic mass is 10.3. The smallest absolute Gasteiger partial charge is 0.257 e. The van der Waals surface area contributed by atoms with E-state index in [2.05, 4.69) is 15.0 Å². The largest absolute Gasteiger partial charge is 0.370 e. The zero-order valence-corrected chi connectivity index (χ0v) is 13.2. The highest BCUT2D eigenvalue weighted by Crippen LogP contribution is 2.09. The van der Waals surface area contributed by atoms with Crippen molar-refractivity contribution in [3.63, 3.8) is 0 Å². The summed E-state index contributed by atoms with van der Waals surface area (Å²) < 4.78 is 24.1. The third-order valence-corrected chi connectivity index (χ3v) is 2.83. The van der Waals surface area contributed by atoms with Gasteiger partial charge in [0.2, 0.25) is 5.95 Å². The number of aliphatic imine (C=N–C) groups is 1. The number of alkyl halides is 2. The van der Waals surface area contributed by atoms with Gasteiger partial charge in [0, 0.05) is 38.6 Å². The minimum absolute atomic E-state index is 0. The van der Waals surface area contributed by atoms with E-state index in [0.29, 0.717) is 32.1 Å². The molecular formula is C11H17F2IN6. The van der Waals surface area contributed by atoms with E-state index in [1.54, 1.807) is 23.4 Å². The van der Waals surface area contributed by atoms with Crippen molar-refractivity contribution in [2.75, 3.05) is 37.6 Å². The normalized spacial score (nSPS) is 16.2. The summed E-state index contributed by atoms with van der Waals surface area (Å²) in [5.41, 5.74) is 5.67. The van der Waals surface area contributed by atoms with Crippen LogP contribution >= 0.6 is 24.0 Å². The number of hydrogen-bond donors (Lipinski definition) is 1. The maximum absolute atomic E-state index is 12.0. The summed E-state index contributed by atoms with van der Waals surface area (Å²) in [4.78, 5) is 15.8. The summed E-state index contributed by atoms with van der Waals surface area (Å²) in [5.74, 6) is 0.846. The lowest BCUT2D eigenvalue weighted by Crippen LogP contribution is -2.51. The molecular weight excluding hydrogens is 381 g/mol. The van der Waals surface area contributed by atoms with Crippen LogP contribution in [0.1, 0.15) is 0 Å². The number of hydrogen-bond acceptors (Lipinski definition) is 4. The first-order valence-electron chi connectivity index (χ1n) is 6.02. The van der Waals surface area contributed by atoms with Crippen LogP contribution in [0.4, 0.5) is 14.7 Å². The SMILES string of the molecule is I.NC(=NCC(F)F)N1CCN(c2ncccn2)CC1. The Bertz CT molecular complexity index is 422. The second kappa shape index (κ2) is 8.12. The van der Waals surface area contributed by atoms with Crippen LogP contribution in [0.2, 0.25) is 0 Å². The maximum Gasteiger partial charge on any atom is 0.257 e. The number of nitrogens with zero attached hydrogens (tertiary/aromatic N) is 5. The second-order valence-corrected chi connectivity index (χ2v) is 4.11. The molecule has 1 aromatic heterocycles. The van der Waals surface area contributed by atoms with E-state index in [9.17, 15) is 8.78 Å². The fraction of sp³-hybridized carbons (Fsp3) is 0.545. The zero-order valence-electron chi connectivity index (χ0n) is 10.8. The van der Waals surface area contributed by atoms with Gasteiger partial charge in [-0.15, -0.1) is 24.0 Å². The summed E-state index contributed by atoms with van der Waals surface area (Å²) >= 11 is 0. The Morgan fingerprint density at radius 2 is 1.85 bits per heavy atom. The highest BCUT2D eigenvalue weighted by molar-refractivity contribution is 14.0. The van der Waals surface area contributed by atoms with Crippen LogP contribution in [0.3, 0.4) is 0 Å². The molecule has 0 spiro atoms. The molecule has 20 heavy (non-hydrogen) atoms. The van der Waals surface area contributed by atoms with Crippen molar-refractivity contribution in [2.45, 2.75) is 6.43 Å². The van der Waals surface area contributed by atoms with Crippen molar-refractivity contribution in [1.29, 1.82) is 0 Å². The van der Waals surface area contributed by atoms with E-state index < -0.39 is 13.0 Å². The first-order chi connectivity index (χ1) is 9.16. The van der Waals surface area contributed by atoms with Gasteiger partial charge in [-0.3, -0.25) is 0 Å². The molecule has 0 aliphatic carbocycles. The maximum atomic E-state index is 12.0. The van der Waals surface area contributed by atoms with E-state index in [0.717, 1.165) is 0 Å². The standard InChI is InChI=1S/C11H16F2N6.HI/c12-9(13)8-17-10(14)18-4-6-19(7-5-18)11-15-2-1-3-16-11;/h1-3,9H,4-8H2,(H2,14,17);1H. The predicted octanol–water partition coefficient (Wildman–Crippen LogP) is 0.796. The second-order valence-electron chi connectivity index (χ2n) is 4.11. The van der Waals surface area contributed by atoms with Gasteiger partial charge in [-0.2, -0.15) is 0 Å². The lowest BCUT2D eigenvalue weighted by Gasteiger charge is -2.35.